The smallest absolute Gasteiger partial charge is 0.237 e. The predicted molar refractivity (Wildman–Crippen MR) is 106 cm³/mol. The van der Waals surface area contributed by atoms with Gasteiger partial charge in [0.05, 0.1) is 18.8 Å². The topological polar surface area (TPSA) is 44.8 Å². The van der Waals surface area contributed by atoms with Gasteiger partial charge in [-0.05, 0) is 50.7 Å². The van der Waals surface area contributed by atoms with Crippen molar-refractivity contribution in [3.63, 3.8) is 0 Å². The Balaban J connectivity index is 1.50. The molecule has 5 heteroatoms. The Morgan fingerprint density at radius 1 is 1.12 bits per heavy atom. The molecule has 1 saturated carbocycles. The number of piperazine rings is 1. The standard InChI is InChI=1S/C21H33N3O2/c1-16-8-10-18(11-9-16)22-21(25)17(2)23-12-14-24(15-13-23)19-6-4-5-7-20(19)26-3/h4-7,16-18H,8-15H2,1-3H3,(H,22,25)/t16?,17-,18?/m1/s1. The number of hydrogen-bond acceptors (Lipinski definition) is 4. The number of anilines is 1. The number of amides is 1. The van der Waals surface area contributed by atoms with Gasteiger partial charge in [0.15, 0.2) is 0 Å². The number of carbonyl (C=O) groups excluding carboxylic acids is 1. The van der Waals surface area contributed by atoms with E-state index in [0.717, 1.165) is 56.4 Å². The Morgan fingerprint density at radius 3 is 2.42 bits per heavy atom. The van der Waals surface area contributed by atoms with Gasteiger partial charge in [-0.1, -0.05) is 19.1 Å². The fourth-order valence-corrected chi connectivity index (χ4v) is 4.13. The zero-order valence-electron chi connectivity index (χ0n) is 16.4. The van der Waals surface area contributed by atoms with Crippen LogP contribution >= 0.6 is 0 Å². The minimum absolute atomic E-state index is 0.0610. The molecule has 2 fully saturated rings. The largest absolute Gasteiger partial charge is 0.495 e. The first-order valence-electron chi connectivity index (χ1n) is 10.0. The zero-order chi connectivity index (χ0) is 18.5. The molecular formula is C21H33N3O2. The van der Waals surface area contributed by atoms with Crippen LogP contribution in [0.1, 0.15) is 39.5 Å². The van der Waals surface area contributed by atoms with Gasteiger partial charge in [-0.3, -0.25) is 9.69 Å². The fraction of sp³-hybridized carbons (Fsp3) is 0.667. The van der Waals surface area contributed by atoms with Crippen molar-refractivity contribution >= 4 is 11.6 Å². The van der Waals surface area contributed by atoms with Crippen molar-refractivity contribution in [2.45, 2.75) is 51.6 Å². The van der Waals surface area contributed by atoms with Crippen LogP contribution in [-0.4, -0.2) is 56.2 Å². The lowest BCUT2D eigenvalue weighted by Crippen LogP contribution is -2.55. The number of carbonyl (C=O) groups is 1. The summed E-state index contributed by atoms with van der Waals surface area (Å²) in [4.78, 5) is 17.3. The fourth-order valence-electron chi connectivity index (χ4n) is 4.13. The highest BCUT2D eigenvalue weighted by Gasteiger charge is 2.28. The number of benzene rings is 1. The van der Waals surface area contributed by atoms with Crippen LogP contribution < -0.4 is 15.0 Å². The van der Waals surface area contributed by atoms with Crippen molar-refractivity contribution in [3.05, 3.63) is 24.3 Å². The summed E-state index contributed by atoms with van der Waals surface area (Å²) in [6.07, 6.45) is 4.72. The molecule has 5 nitrogen and oxygen atoms in total. The summed E-state index contributed by atoms with van der Waals surface area (Å²) in [7, 11) is 1.72. The summed E-state index contributed by atoms with van der Waals surface area (Å²) in [6, 6.07) is 8.46. The first-order valence-corrected chi connectivity index (χ1v) is 10.0. The maximum atomic E-state index is 12.7. The Kier molecular flexibility index (Phi) is 6.41. The van der Waals surface area contributed by atoms with Crippen LogP contribution in [0.5, 0.6) is 5.75 Å². The molecule has 1 aliphatic carbocycles. The van der Waals surface area contributed by atoms with Crippen molar-refractivity contribution in [1.82, 2.24) is 10.2 Å². The van der Waals surface area contributed by atoms with Crippen LogP contribution in [-0.2, 0) is 4.79 Å². The van der Waals surface area contributed by atoms with Crippen molar-refractivity contribution in [2.24, 2.45) is 5.92 Å². The van der Waals surface area contributed by atoms with Gasteiger partial charge in [0.1, 0.15) is 5.75 Å². The lowest BCUT2D eigenvalue weighted by Gasteiger charge is -2.39. The minimum atomic E-state index is -0.0610. The Hall–Kier alpha value is -1.75. The highest BCUT2D eigenvalue weighted by molar-refractivity contribution is 5.81. The van der Waals surface area contributed by atoms with Gasteiger partial charge in [0.2, 0.25) is 5.91 Å². The summed E-state index contributed by atoms with van der Waals surface area (Å²) >= 11 is 0. The molecule has 1 aliphatic heterocycles. The first-order chi connectivity index (χ1) is 12.6. The quantitative estimate of drug-likeness (QED) is 0.878. The Labute approximate surface area is 157 Å². The number of nitrogens with zero attached hydrogens (tertiary/aromatic N) is 2. The summed E-state index contributed by atoms with van der Waals surface area (Å²) in [5.74, 6) is 1.91. The Bertz CT molecular complexity index is 591. The number of nitrogens with one attached hydrogen (secondary N) is 1. The second-order valence-corrected chi connectivity index (χ2v) is 7.84. The van der Waals surface area contributed by atoms with Crippen LogP contribution in [0.3, 0.4) is 0 Å². The molecule has 1 atom stereocenters. The van der Waals surface area contributed by atoms with E-state index in [2.05, 4.69) is 28.1 Å². The first kappa shape index (κ1) is 19.0. The van der Waals surface area contributed by atoms with Crippen LogP contribution in [0.15, 0.2) is 24.3 Å². The van der Waals surface area contributed by atoms with Gasteiger partial charge in [0, 0.05) is 32.2 Å². The molecule has 1 aromatic rings. The lowest BCUT2D eigenvalue weighted by atomic mass is 9.87. The third-order valence-electron chi connectivity index (χ3n) is 6.03. The molecule has 3 rings (SSSR count). The third-order valence-corrected chi connectivity index (χ3v) is 6.03. The zero-order valence-corrected chi connectivity index (χ0v) is 16.4. The third kappa shape index (κ3) is 4.50. The van der Waals surface area contributed by atoms with E-state index in [1.54, 1.807) is 7.11 Å². The van der Waals surface area contributed by atoms with Gasteiger partial charge in [-0.25, -0.2) is 0 Å². The van der Waals surface area contributed by atoms with E-state index >= 15 is 0 Å². The maximum absolute atomic E-state index is 12.7. The predicted octanol–water partition coefficient (Wildman–Crippen LogP) is 2.90. The summed E-state index contributed by atoms with van der Waals surface area (Å²) < 4.78 is 5.48. The van der Waals surface area contributed by atoms with Gasteiger partial charge < -0.3 is 15.0 Å². The molecule has 1 aromatic carbocycles. The van der Waals surface area contributed by atoms with E-state index in [-0.39, 0.29) is 11.9 Å². The summed E-state index contributed by atoms with van der Waals surface area (Å²) in [5, 5.41) is 3.28. The van der Waals surface area contributed by atoms with Gasteiger partial charge in [-0.2, -0.15) is 0 Å². The monoisotopic (exact) mass is 359 g/mol. The molecule has 0 spiro atoms. The molecular weight excluding hydrogens is 326 g/mol. The van der Waals surface area contributed by atoms with Crippen LogP contribution in [0.2, 0.25) is 0 Å². The number of para-hydroxylation sites is 2. The van der Waals surface area contributed by atoms with E-state index < -0.39 is 0 Å². The highest BCUT2D eigenvalue weighted by atomic mass is 16.5. The minimum Gasteiger partial charge on any atom is -0.495 e. The van der Waals surface area contributed by atoms with Gasteiger partial charge in [-0.15, -0.1) is 0 Å². The average Bonchev–Trinajstić information content (AvgIpc) is 2.69. The Morgan fingerprint density at radius 2 is 1.77 bits per heavy atom. The van der Waals surface area contributed by atoms with Crippen molar-refractivity contribution in [2.75, 3.05) is 38.2 Å². The molecule has 1 heterocycles. The SMILES string of the molecule is COc1ccccc1N1CCN([C@H](C)C(=O)NC2CCC(C)CC2)CC1. The molecule has 144 valence electrons. The molecule has 26 heavy (non-hydrogen) atoms. The summed E-state index contributed by atoms with van der Waals surface area (Å²) in [5.41, 5.74) is 1.14. The van der Waals surface area contributed by atoms with E-state index in [0.29, 0.717) is 6.04 Å². The molecule has 2 aliphatic rings. The molecule has 0 bridgehead atoms. The van der Waals surface area contributed by atoms with Crippen LogP contribution in [0.25, 0.3) is 0 Å². The molecule has 1 amide bonds. The molecule has 1 N–H and O–H groups in total. The van der Waals surface area contributed by atoms with E-state index in [4.69, 9.17) is 4.74 Å². The lowest BCUT2D eigenvalue weighted by molar-refractivity contribution is -0.127. The van der Waals surface area contributed by atoms with Gasteiger partial charge >= 0.3 is 0 Å². The van der Waals surface area contributed by atoms with Gasteiger partial charge in [0.25, 0.3) is 0 Å². The van der Waals surface area contributed by atoms with Crippen LogP contribution in [0.4, 0.5) is 5.69 Å². The molecule has 1 saturated heterocycles. The van der Waals surface area contributed by atoms with E-state index in [9.17, 15) is 4.79 Å². The molecule has 0 aromatic heterocycles. The summed E-state index contributed by atoms with van der Waals surface area (Å²) in [6.45, 7) is 7.97. The van der Waals surface area contributed by atoms with Crippen molar-refractivity contribution < 1.29 is 9.53 Å². The highest BCUT2D eigenvalue weighted by Crippen LogP contribution is 2.28. The second-order valence-electron chi connectivity index (χ2n) is 7.84. The van der Waals surface area contributed by atoms with Crippen molar-refractivity contribution in [3.8, 4) is 5.75 Å². The maximum Gasteiger partial charge on any atom is 0.237 e. The number of hydrogen-bond donors (Lipinski definition) is 1. The number of methoxy groups -OCH3 is 1. The molecule has 0 radical (unpaired) electrons. The van der Waals surface area contributed by atoms with Crippen molar-refractivity contribution in [1.29, 1.82) is 0 Å². The van der Waals surface area contributed by atoms with E-state index in [1.165, 1.54) is 12.8 Å². The average molecular weight is 360 g/mol. The molecule has 0 unspecified atom stereocenters. The second kappa shape index (κ2) is 8.76. The van der Waals surface area contributed by atoms with Crippen LogP contribution in [0, 0.1) is 5.92 Å². The normalized spacial score (nSPS) is 25.6. The number of rotatable bonds is 5. The van der Waals surface area contributed by atoms with E-state index in [1.807, 2.05) is 25.1 Å². The number of ether oxygens (including phenoxy) is 1.